The summed E-state index contributed by atoms with van der Waals surface area (Å²) in [7, 11) is 6.72. The third-order valence-corrected chi connectivity index (χ3v) is 4.10. The molecule has 118 valence electrons. The zero-order valence-electron chi connectivity index (χ0n) is 13.6. The lowest BCUT2D eigenvalue weighted by Crippen LogP contribution is -2.57. The fourth-order valence-electron chi connectivity index (χ4n) is 2.57. The topological polar surface area (TPSA) is 60.9 Å². The molecule has 2 rings (SSSR count). The molecule has 1 aromatic carbocycles. The van der Waals surface area contributed by atoms with Crippen LogP contribution in [0.25, 0.3) is 0 Å². The lowest BCUT2D eigenvalue weighted by molar-refractivity contribution is -0.147. The number of nitrogens with zero attached hydrogens (tertiary/aromatic N) is 3. The highest BCUT2D eigenvalue weighted by atomic mass is 16.2. The summed E-state index contributed by atoms with van der Waals surface area (Å²) in [5, 5.41) is 0. The van der Waals surface area contributed by atoms with E-state index in [1.165, 1.54) is 14.1 Å². The average molecular weight is 303 g/mol. The second-order valence-corrected chi connectivity index (χ2v) is 5.84. The monoisotopic (exact) mass is 303 g/mol. The van der Waals surface area contributed by atoms with Gasteiger partial charge in [-0.25, -0.2) is 4.79 Å². The summed E-state index contributed by atoms with van der Waals surface area (Å²) in [6, 6.07) is 5.33. The Morgan fingerprint density at radius 1 is 1.05 bits per heavy atom. The molecule has 6 nitrogen and oxygen atoms in total. The van der Waals surface area contributed by atoms with E-state index in [2.05, 4.69) is 0 Å². The van der Waals surface area contributed by atoms with Crippen molar-refractivity contribution < 1.29 is 14.4 Å². The summed E-state index contributed by atoms with van der Waals surface area (Å²) in [6.07, 6.45) is 0.305. The van der Waals surface area contributed by atoms with Crippen LogP contribution in [0.1, 0.15) is 11.1 Å². The molecule has 1 aliphatic heterocycles. The number of urea groups is 1. The second kappa shape index (κ2) is 5.79. The number of aryl methyl sites for hydroxylation is 1. The van der Waals surface area contributed by atoms with Crippen LogP contribution < -0.4 is 4.90 Å². The standard InChI is InChI=1S/C16H21N3O3/c1-10-8-12(17(2)3)7-6-11(10)9-13-14(20)18(4)16(22)19(5)15(13)21/h6-8,13H,9H2,1-5H3. The maximum atomic E-state index is 12.2. The van der Waals surface area contributed by atoms with E-state index < -0.39 is 23.8 Å². The highest BCUT2D eigenvalue weighted by molar-refractivity contribution is 6.15. The number of amides is 4. The number of barbiturate groups is 1. The summed E-state index contributed by atoms with van der Waals surface area (Å²) in [6.45, 7) is 1.96. The van der Waals surface area contributed by atoms with Crippen molar-refractivity contribution in [1.29, 1.82) is 0 Å². The molecular weight excluding hydrogens is 282 g/mol. The molecule has 0 unspecified atom stereocenters. The second-order valence-electron chi connectivity index (χ2n) is 5.84. The van der Waals surface area contributed by atoms with E-state index in [1.54, 1.807) is 0 Å². The summed E-state index contributed by atoms with van der Waals surface area (Å²) in [4.78, 5) is 40.2. The van der Waals surface area contributed by atoms with Crippen molar-refractivity contribution in [3.8, 4) is 0 Å². The number of imide groups is 2. The first-order valence-corrected chi connectivity index (χ1v) is 7.10. The van der Waals surface area contributed by atoms with Crippen LogP contribution in [0.15, 0.2) is 18.2 Å². The normalized spacial score (nSPS) is 16.5. The molecule has 6 heteroatoms. The molecule has 1 saturated heterocycles. The average Bonchev–Trinajstić information content (AvgIpc) is 2.48. The van der Waals surface area contributed by atoms with Crippen LogP contribution in [0.2, 0.25) is 0 Å². The maximum absolute atomic E-state index is 12.2. The largest absolute Gasteiger partial charge is 0.378 e. The number of carbonyl (C=O) groups excluding carboxylic acids is 3. The Kier molecular flexibility index (Phi) is 4.21. The zero-order chi connectivity index (χ0) is 16.6. The van der Waals surface area contributed by atoms with Crippen LogP contribution in [0, 0.1) is 12.8 Å². The van der Waals surface area contributed by atoms with Crippen LogP contribution >= 0.6 is 0 Å². The third kappa shape index (κ3) is 2.68. The minimum absolute atomic E-state index is 0.305. The van der Waals surface area contributed by atoms with E-state index in [-0.39, 0.29) is 0 Å². The van der Waals surface area contributed by atoms with E-state index in [0.29, 0.717) is 6.42 Å². The van der Waals surface area contributed by atoms with Crippen LogP contribution in [0.5, 0.6) is 0 Å². The zero-order valence-corrected chi connectivity index (χ0v) is 13.6. The van der Waals surface area contributed by atoms with Gasteiger partial charge in [0, 0.05) is 33.9 Å². The third-order valence-electron chi connectivity index (χ3n) is 4.10. The minimum Gasteiger partial charge on any atom is -0.378 e. The number of benzene rings is 1. The number of carbonyl (C=O) groups is 3. The van der Waals surface area contributed by atoms with Gasteiger partial charge in [-0.15, -0.1) is 0 Å². The number of hydrogen-bond donors (Lipinski definition) is 0. The lowest BCUT2D eigenvalue weighted by Gasteiger charge is -2.33. The van der Waals surface area contributed by atoms with Crippen molar-refractivity contribution in [3.63, 3.8) is 0 Å². The molecule has 0 aromatic heterocycles. The molecule has 1 aliphatic rings. The van der Waals surface area contributed by atoms with E-state index in [9.17, 15) is 14.4 Å². The SMILES string of the molecule is Cc1cc(N(C)C)ccc1CC1C(=O)N(C)C(=O)N(C)C1=O. The van der Waals surface area contributed by atoms with E-state index in [0.717, 1.165) is 26.6 Å². The maximum Gasteiger partial charge on any atom is 0.332 e. The van der Waals surface area contributed by atoms with Crippen molar-refractivity contribution in [3.05, 3.63) is 29.3 Å². The molecule has 1 fully saturated rings. The first-order chi connectivity index (χ1) is 10.2. The van der Waals surface area contributed by atoms with Gasteiger partial charge in [0.1, 0.15) is 5.92 Å². The van der Waals surface area contributed by atoms with Crippen molar-refractivity contribution in [1.82, 2.24) is 9.80 Å². The fraction of sp³-hybridized carbons (Fsp3) is 0.438. The molecule has 0 bridgehead atoms. The molecule has 0 saturated carbocycles. The molecule has 0 spiro atoms. The van der Waals surface area contributed by atoms with Crippen LogP contribution in [-0.4, -0.2) is 55.8 Å². The summed E-state index contributed by atoms with van der Waals surface area (Å²) in [5.41, 5.74) is 3.02. The summed E-state index contributed by atoms with van der Waals surface area (Å²) in [5.74, 6) is -1.72. The first kappa shape index (κ1) is 16.0. The molecule has 4 amide bonds. The highest BCUT2D eigenvalue weighted by Crippen LogP contribution is 2.24. The Morgan fingerprint density at radius 2 is 1.59 bits per heavy atom. The lowest BCUT2D eigenvalue weighted by atomic mass is 9.92. The van der Waals surface area contributed by atoms with Gasteiger partial charge < -0.3 is 4.90 Å². The van der Waals surface area contributed by atoms with Crippen molar-refractivity contribution in [2.75, 3.05) is 33.1 Å². The van der Waals surface area contributed by atoms with Gasteiger partial charge in [0.2, 0.25) is 11.8 Å². The smallest absolute Gasteiger partial charge is 0.332 e. The number of hydrogen-bond acceptors (Lipinski definition) is 4. The summed E-state index contributed by atoms with van der Waals surface area (Å²) >= 11 is 0. The van der Waals surface area contributed by atoms with Gasteiger partial charge in [-0.2, -0.15) is 0 Å². The minimum atomic E-state index is -0.836. The molecule has 0 atom stereocenters. The van der Waals surface area contributed by atoms with Gasteiger partial charge in [0.15, 0.2) is 0 Å². The Hall–Kier alpha value is -2.37. The molecule has 0 aliphatic carbocycles. The van der Waals surface area contributed by atoms with Gasteiger partial charge in [0.25, 0.3) is 0 Å². The Balaban J connectivity index is 2.28. The predicted octanol–water partition coefficient (Wildman–Crippen LogP) is 1.27. The van der Waals surface area contributed by atoms with E-state index in [1.807, 2.05) is 44.1 Å². The van der Waals surface area contributed by atoms with Crippen LogP contribution in [0.4, 0.5) is 10.5 Å². The fourth-order valence-corrected chi connectivity index (χ4v) is 2.57. The van der Waals surface area contributed by atoms with Gasteiger partial charge >= 0.3 is 6.03 Å². The van der Waals surface area contributed by atoms with Crippen molar-refractivity contribution >= 4 is 23.5 Å². The first-order valence-electron chi connectivity index (χ1n) is 7.10. The van der Waals surface area contributed by atoms with Gasteiger partial charge in [-0.3, -0.25) is 19.4 Å². The predicted molar refractivity (Wildman–Crippen MR) is 83.6 cm³/mol. The quantitative estimate of drug-likeness (QED) is 0.789. The Morgan fingerprint density at radius 3 is 2.05 bits per heavy atom. The Bertz CT molecular complexity index is 616. The molecule has 22 heavy (non-hydrogen) atoms. The molecule has 0 radical (unpaired) electrons. The van der Waals surface area contributed by atoms with Crippen LogP contribution in [-0.2, 0) is 16.0 Å². The van der Waals surface area contributed by atoms with Crippen molar-refractivity contribution in [2.45, 2.75) is 13.3 Å². The van der Waals surface area contributed by atoms with Gasteiger partial charge in [0.05, 0.1) is 0 Å². The molecular formula is C16H21N3O3. The van der Waals surface area contributed by atoms with Gasteiger partial charge in [-0.1, -0.05) is 6.07 Å². The number of anilines is 1. The van der Waals surface area contributed by atoms with E-state index >= 15 is 0 Å². The summed E-state index contributed by atoms with van der Waals surface area (Å²) < 4.78 is 0. The molecule has 0 N–H and O–H groups in total. The number of rotatable bonds is 3. The van der Waals surface area contributed by atoms with Crippen molar-refractivity contribution in [2.24, 2.45) is 5.92 Å². The van der Waals surface area contributed by atoms with Crippen LogP contribution in [0.3, 0.4) is 0 Å². The highest BCUT2D eigenvalue weighted by Gasteiger charge is 2.42. The Labute approximate surface area is 130 Å². The van der Waals surface area contributed by atoms with Gasteiger partial charge in [-0.05, 0) is 36.6 Å². The molecule has 1 heterocycles. The molecule has 1 aromatic rings. The van der Waals surface area contributed by atoms with E-state index in [4.69, 9.17) is 0 Å².